The van der Waals surface area contributed by atoms with Crippen molar-refractivity contribution < 1.29 is 14.6 Å². The van der Waals surface area contributed by atoms with Crippen molar-refractivity contribution >= 4 is 5.91 Å². The Labute approximate surface area is 108 Å². The highest BCUT2D eigenvalue weighted by molar-refractivity contribution is 5.76. The van der Waals surface area contributed by atoms with Crippen LogP contribution in [0.5, 0.6) is 5.75 Å². The predicted octanol–water partition coefficient (Wildman–Crippen LogP) is 1.47. The second-order valence-electron chi connectivity index (χ2n) is 4.47. The molecule has 0 saturated carbocycles. The van der Waals surface area contributed by atoms with Crippen LogP contribution in [0.3, 0.4) is 0 Å². The number of likely N-dealkylation sites (N-methyl/N-ethyl adjacent to an activating group) is 1. The molecule has 1 amide bonds. The fraction of sp³-hybridized carbons (Fsp3) is 0.500. The predicted molar refractivity (Wildman–Crippen MR) is 70.6 cm³/mol. The molecule has 0 fully saturated rings. The number of rotatable bonds is 6. The van der Waals surface area contributed by atoms with Crippen LogP contribution in [-0.2, 0) is 11.2 Å². The Balaban J connectivity index is 2.41. The summed E-state index contributed by atoms with van der Waals surface area (Å²) in [6.45, 7) is 2.05. The van der Waals surface area contributed by atoms with Crippen molar-refractivity contribution in [2.45, 2.75) is 25.9 Å². The van der Waals surface area contributed by atoms with Crippen LogP contribution in [0.25, 0.3) is 0 Å². The van der Waals surface area contributed by atoms with Gasteiger partial charge in [-0.15, -0.1) is 0 Å². The molecule has 1 atom stereocenters. The Morgan fingerprint density at radius 1 is 1.39 bits per heavy atom. The summed E-state index contributed by atoms with van der Waals surface area (Å²) >= 11 is 0. The molecule has 0 aromatic heterocycles. The van der Waals surface area contributed by atoms with Gasteiger partial charge in [-0.05, 0) is 31.0 Å². The molecule has 4 nitrogen and oxygen atoms in total. The summed E-state index contributed by atoms with van der Waals surface area (Å²) in [6, 6.07) is 7.69. The number of methoxy groups -OCH3 is 1. The molecule has 1 aromatic rings. The van der Waals surface area contributed by atoms with Gasteiger partial charge in [0.15, 0.2) is 0 Å². The highest BCUT2D eigenvalue weighted by atomic mass is 16.5. The van der Waals surface area contributed by atoms with Gasteiger partial charge in [-0.1, -0.05) is 12.1 Å². The van der Waals surface area contributed by atoms with Crippen LogP contribution in [0.15, 0.2) is 24.3 Å². The molecule has 18 heavy (non-hydrogen) atoms. The van der Waals surface area contributed by atoms with E-state index in [1.807, 2.05) is 24.3 Å². The number of aryl methyl sites for hydroxylation is 1. The van der Waals surface area contributed by atoms with Crippen molar-refractivity contribution in [3.05, 3.63) is 29.8 Å². The topological polar surface area (TPSA) is 49.8 Å². The summed E-state index contributed by atoms with van der Waals surface area (Å²) in [6.07, 6.45) is 0.669. The average Bonchev–Trinajstić information content (AvgIpc) is 2.35. The number of aliphatic hydroxyl groups is 1. The van der Waals surface area contributed by atoms with Gasteiger partial charge in [0, 0.05) is 20.0 Å². The quantitative estimate of drug-likeness (QED) is 0.833. The van der Waals surface area contributed by atoms with Crippen LogP contribution in [0.1, 0.15) is 18.9 Å². The molecule has 1 unspecified atom stereocenters. The largest absolute Gasteiger partial charge is 0.497 e. The maximum absolute atomic E-state index is 11.8. The minimum absolute atomic E-state index is 0.0479. The number of carbonyl (C=O) groups is 1. The van der Waals surface area contributed by atoms with Gasteiger partial charge in [-0.3, -0.25) is 4.79 Å². The second kappa shape index (κ2) is 7.01. The summed E-state index contributed by atoms with van der Waals surface area (Å²) < 4.78 is 5.07. The molecule has 0 aliphatic rings. The van der Waals surface area contributed by atoms with Crippen LogP contribution in [0.2, 0.25) is 0 Å². The van der Waals surface area contributed by atoms with E-state index in [9.17, 15) is 9.90 Å². The van der Waals surface area contributed by atoms with Gasteiger partial charge in [-0.2, -0.15) is 0 Å². The second-order valence-corrected chi connectivity index (χ2v) is 4.47. The number of aliphatic hydroxyl groups excluding tert-OH is 1. The minimum Gasteiger partial charge on any atom is -0.497 e. The first-order valence-corrected chi connectivity index (χ1v) is 6.08. The average molecular weight is 251 g/mol. The zero-order chi connectivity index (χ0) is 13.5. The third kappa shape index (κ3) is 4.75. The zero-order valence-electron chi connectivity index (χ0n) is 11.2. The van der Waals surface area contributed by atoms with Crippen molar-refractivity contribution in [3.63, 3.8) is 0 Å². The molecule has 1 rings (SSSR count). The molecule has 1 aromatic carbocycles. The molecule has 0 aliphatic heterocycles. The van der Waals surface area contributed by atoms with Crippen molar-refractivity contribution in [3.8, 4) is 5.75 Å². The number of benzene rings is 1. The van der Waals surface area contributed by atoms with Crippen molar-refractivity contribution in [2.24, 2.45) is 0 Å². The van der Waals surface area contributed by atoms with E-state index in [1.54, 1.807) is 26.0 Å². The highest BCUT2D eigenvalue weighted by Gasteiger charge is 2.10. The van der Waals surface area contributed by atoms with E-state index in [0.717, 1.165) is 11.3 Å². The summed E-state index contributed by atoms with van der Waals surface area (Å²) in [5, 5.41) is 9.21. The van der Waals surface area contributed by atoms with Gasteiger partial charge in [0.25, 0.3) is 0 Å². The third-order valence-electron chi connectivity index (χ3n) is 2.75. The maximum atomic E-state index is 11.8. The normalized spacial score (nSPS) is 12.0. The molecule has 0 saturated heterocycles. The van der Waals surface area contributed by atoms with Crippen molar-refractivity contribution in [1.29, 1.82) is 0 Å². The van der Waals surface area contributed by atoms with E-state index in [2.05, 4.69) is 0 Å². The molecule has 0 radical (unpaired) electrons. The van der Waals surface area contributed by atoms with Gasteiger partial charge in [0.1, 0.15) is 5.75 Å². The smallest absolute Gasteiger partial charge is 0.222 e. The van der Waals surface area contributed by atoms with Crippen LogP contribution >= 0.6 is 0 Å². The lowest BCUT2D eigenvalue weighted by atomic mass is 10.1. The molecule has 4 heteroatoms. The first-order valence-electron chi connectivity index (χ1n) is 6.08. The fourth-order valence-corrected chi connectivity index (χ4v) is 1.73. The molecule has 0 heterocycles. The number of nitrogens with zero attached hydrogens (tertiary/aromatic N) is 1. The first kappa shape index (κ1) is 14.5. The van der Waals surface area contributed by atoms with Crippen molar-refractivity contribution in [2.75, 3.05) is 20.7 Å². The SMILES string of the molecule is COc1ccc(CCC(=O)N(C)CC(C)O)cc1. The third-order valence-corrected chi connectivity index (χ3v) is 2.75. The van der Waals surface area contributed by atoms with Crippen LogP contribution in [0.4, 0.5) is 0 Å². The van der Waals surface area contributed by atoms with E-state index in [4.69, 9.17) is 4.74 Å². The van der Waals surface area contributed by atoms with Gasteiger partial charge >= 0.3 is 0 Å². The number of amides is 1. The Bertz CT molecular complexity index is 373. The highest BCUT2D eigenvalue weighted by Crippen LogP contribution is 2.12. The number of ether oxygens (including phenoxy) is 1. The van der Waals surface area contributed by atoms with Gasteiger partial charge < -0.3 is 14.7 Å². The fourth-order valence-electron chi connectivity index (χ4n) is 1.73. The Kier molecular flexibility index (Phi) is 5.65. The van der Waals surface area contributed by atoms with E-state index >= 15 is 0 Å². The minimum atomic E-state index is -0.486. The van der Waals surface area contributed by atoms with Crippen LogP contribution in [-0.4, -0.2) is 42.7 Å². The first-order chi connectivity index (χ1) is 8.52. The van der Waals surface area contributed by atoms with Gasteiger partial charge in [0.05, 0.1) is 13.2 Å². The molecular weight excluding hydrogens is 230 g/mol. The maximum Gasteiger partial charge on any atom is 0.222 e. The molecule has 0 bridgehead atoms. The van der Waals surface area contributed by atoms with E-state index < -0.39 is 6.10 Å². The summed E-state index contributed by atoms with van der Waals surface area (Å²) in [5.41, 5.74) is 1.11. The van der Waals surface area contributed by atoms with Crippen LogP contribution in [0, 0.1) is 0 Å². The number of hydrogen-bond acceptors (Lipinski definition) is 3. The van der Waals surface area contributed by atoms with E-state index in [-0.39, 0.29) is 5.91 Å². The van der Waals surface area contributed by atoms with Crippen LogP contribution < -0.4 is 4.74 Å². The summed E-state index contributed by atoms with van der Waals surface area (Å²) in [5.74, 6) is 0.864. The molecule has 0 spiro atoms. The standard InChI is InChI=1S/C14H21NO3/c1-11(16)10-15(2)14(17)9-6-12-4-7-13(18-3)8-5-12/h4-5,7-8,11,16H,6,9-10H2,1-3H3. The molecular formula is C14H21NO3. The molecule has 0 aliphatic carbocycles. The number of hydrogen-bond donors (Lipinski definition) is 1. The lowest BCUT2D eigenvalue weighted by molar-refractivity contribution is -0.131. The lowest BCUT2D eigenvalue weighted by Gasteiger charge is -2.18. The Morgan fingerprint density at radius 2 is 2.00 bits per heavy atom. The molecule has 1 N–H and O–H groups in total. The monoisotopic (exact) mass is 251 g/mol. The van der Waals surface area contributed by atoms with E-state index in [0.29, 0.717) is 19.4 Å². The Hall–Kier alpha value is -1.55. The lowest BCUT2D eigenvalue weighted by Crippen LogP contribution is -2.33. The Morgan fingerprint density at radius 3 is 2.50 bits per heavy atom. The molecule has 100 valence electrons. The van der Waals surface area contributed by atoms with Gasteiger partial charge in [0.2, 0.25) is 5.91 Å². The summed E-state index contributed by atoms with van der Waals surface area (Å²) in [7, 11) is 3.34. The number of carbonyl (C=O) groups excluding carboxylic acids is 1. The van der Waals surface area contributed by atoms with E-state index in [1.165, 1.54) is 0 Å². The van der Waals surface area contributed by atoms with Gasteiger partial charge in [-0.25, -0.2) is 0 Å². The zero-order valence-corrected chi connectivity index (χ0v) is 11.2. The van der Waals surface area contributed by atoms with Crippen molar-refractivity contribution in [1.82, 2.24) is 4.90 Å². The summed E-state index contributed by atoms with van der Waals surface area (Å²) in [4.78, 5) is 13.3.